The summed E-state index contributed by atoms with van der Waals surface area (Å²) in [6.45, 7) is 2.91. The molecule has 0 saturated carbocycles. The van der Waals surface area contributed by atoms with Gasteiger partial charge in [-0.2, -0.15) is 5.10 Å². The first-order chi connectivity index (χ1) is 11.8. The van der Waals surface area contributed by atoms with Crippen LogP contribution in [0.4, 0.5) is 5.69 Å². The monoisotopic (exact) mass is 323 g/mol. The van der Waals surface area contributed by atoms with Crippen LogP contribution in [0.1, 0.15) is 39.0 Å². The van der Waals surface area contributed by atoms with Gasteiger partial charge in [0.05, 0.1) is 5.92 Å². The van der Waals surface area contributed by atoms with Crippen LogP contribution in [0.25, 0.3) is 10.8 Å². The van der Waals surface area contributed by atoms with Crippen molar-refractivity contribution in [3.8, 4) is 0 Å². The second-order valence-electron chi connectivity index (χ2n) is 6.44. The summed E-state index contributed by atoms with van der Waals surface area (Å²) < 4.78 is 0. The molecule has 1 heterocycles. The Morgan fingerprint density at radius 2 is 1.83 bits per heavy atom. The van der Waals surface area contributed by atoms with Gasteiger partial charge >= 0.3 is 0 Å². The van der Waals surface area contributed by atoms with Crippen molar-refractivity contribution in [1.82, 2.24) is 5.43 Å². The molecule has 2 N–H and O–H groups in total. The Balaban J connectivity index is 1.35. The summed E-state index contributed by atoms with van der Waals surface area (Å²) in [5.74, 6) is 0.0592. The second-order valence-corrected chi connectivity index (χ2v) is 6.44. The molecule has 1 amide bonds. The van der Waals surface area contributed by atoms with Crippen molar-refractivity contribution in [3.63, 3.8) is 0 Å². The SMILES string of the molecule is CC1=NNC(=O)C1CCCCCCNc1cccc2ccccc12. The number of benzene rings is 2. The van der Waals surface area contributed by atoms with Gasteiger partial charge in [0, 0.05) is 23.3 Å². The number of amides is 1. The third kappa shape index (κ3) is 3.94. The van der Waals surface area contributed by atoms with E-state index in [-0.39, 0.29) is 11.8 Å². The highest BCUT2D eigenvalue weighted by molar-refractivity contribution is 6.06. The van der Waals surface area contributed by atoms with Gasteiger partial charge < -0.3 is 5.32 Å². The lowest BCUT2D eigenvalue weighted by atomic mass is 9.97. The summed E-state index contributed by atoms with van der Waals surface area (Å²) in [6.07, 6.45) is 5.49. The standard InChI is InChI=1S/C20H25N3O/c1-15-17(20(24)23-22-15)11-4-2-3-7-14-21-19-13-8-10-16-9-5-6-12-18(16)19/h5-6,8-10,12-13,17,21H,2-4,7,11,14H2,1H3,(H,23,24). The van der Waals surface area contributed by atoms with Gasteiger partial charge in [-0.1, -0.05) is 55.7 Å². The first-order valence-corrected chi connectivity index (χ1v) is 8.81. The Morgan fingerprint density at radius 3 is 2.67 bits per heavy atom. The van der Waals surface area contributed by atoms with Crippen LogP contribution in [0.5, 0.6) is 0 Å². The Kier molecular flexibility index (Phi) is 5.47. The van der Waals surface area contributed by atoms with Crippen molar-refractivity contribution in [2.75, 3.05) is 11.9 Å². The van der Waals surface area contributed by atoms with Gasteiger partial charge in [-0.25, -0.2) is 5.43 Å². The van der Waals surface area contributed by atoms with Crippen LogP contribution < -0.4 is 10.7 Å². The van der Waals surface area contributed by atoms with E-state index >= 15 is 0 Å². The summed E-state index contributed by atoms with van der Waals surface area (Å²) in [6, 6.07) is 14.8. The maximum atomic E-state index is 11.6. The smallest absolute Gasteiger partial charge is 0.248 e. The van der Waals surface area contributed by atoms with Crippen LogP contribution in [0.2, 0.25) is 0 Å². The molecule has 4 nitrogen and oxygen atoms in total. The molecule has 2 aromatic carbocycles. The van der Waals surface area contributed by atoms with E-state index < -0.39 is 0 Å². The minimum atomic E-state index is -0.00110. The molecule has 4 heteroatoms. The molecule has 0 bridgehead atoms. The van der Waals surface area contributed by atoms with Crippen molar-refractivity contribution in [2.24, 2.45) is 11.0 Å². The van der Waals surface area contributed by atoms with Crippen molar-refractivity contribution < 1.29 is 4.79 Å². The lowest BCUT2D eigenvalue weighted by Gasteiger charge is -2.10. The van der Waals surface area contributed by atoms with Gasteiger partial charge in [-0.3, -0.25) is 4.79 Å². The Morgan fingerprint density at radius 1 is 1.04 bits per heavy atom. The molecule has 0 aliphatic carbocycles. The summed E-state index contributed by atoms with van der Waals surface area (Å²) in [5.41, 5.74) is 4.69. The average molecular weight is 323 g/mol. The minimum absolute atomic E-state index is 0.00110. The molecule has 1 unspecified atom stereocenters. The predicted octanol–water partition coefficient (Wildman–Crippen LogP) is 4.32. The van der Waals surface area contributed by atoms with Gasteiger partial charge in [0.2, 0.25) is 5.91 Å². The van der Waals surface area contributed by atoms with Crippen molar-refractivity contribution >= 4 is 28.1 Å². The van der Waals surface area contributed by atoms with Gasteiger partial charge in [0.15, 0.2) is 0 Å². The van der Waals surface area contributed by atoms with Gasteiger partial charge in [-0.15, -0.1) is 0 Å². The van der Waals surface area contributed by atoms with Crippen LogP contribution in [0, 0.1) is 5.92 Å². The molecule has 0 spiro atoms. The van der Waals surface area contributed by atoms with Crippen LogP contribution >= 0.6 is 0 Å². The highest BCUT2D eigenvalue weighted by Gasteiger charge is 2.25. The highest BCUT2D eigenvalue weighted by atomic mass is 16.2. The van der Waals surface area contributed by atoms with E-state index in [0.29, 0.717) is 0 Å². The summed E-state index contributed by atoms with van der Waals surface area (Å²) in [7, 11) is 0. The third-order valence-electron chi connectivity index (χ3n) is 4.69. The molecule has 1 aliphatic rings. The quantitative estimate of drug-likeness (QED) is 0.711. The number of hydrazone groups is 1. The van der Waals surface area contributed by atoms with Crippen LogP contribution in [0.15, 0.2) is 47.6 Å². The van der Waals surface area contributed by atoms with E-state index in [2.05, 4.69) is 58.3 Å². The molecule has 1 atom stereocenters. The Hall–Kier alpha value is -2.36. The van der Waals surface area contributed by atoms with E-state index in [9.17, 15) is 4.79 Å². The maximum absolute atomic E-state index is 11.6. The molecule has 24 heavy (non-hydrogen) atoms. The fraction of sp³-hybridized carbons (Fsp3) is 0.400. The number of carbonyl (C=O) groups excluding carboxylic acids is 1. The molecule has 2 aromatic rings. The zero-order valence-electron chi connectivity index (χ0n) is 14.2. The molecule has 3 rings (SSSR count). The van der Waals surface area contributed by atoms with Gasteiger partial charge in [0.25, 0.3) is 0 Å². The number of hydrogen-bond donors (Lipinski definition) is 2. The summed E-state index contributed by atoms with van der Waals surface area (Å²) >= 11 is 0. The van der Waals surface area contributed by atoms with Crippen LogP contribution in [-0.2, 0) is 4.79 Å². The number of nitrogens with zero attached hydrogens (tertiary/aromatic N) is 1. The van der Waals surface area contributed by atoms with Crippen LogP contribution in [0.3, 0.4) is 0 Å². The lowest BCUT2D eigenvalue weighted by molar-refractivity contribution is -0.122. The maximum Gasteiger partial charge on any atom is 0.248 e. The predicted molar refractivity (Wildman–Crippen MR) is 100 cm³/mol. The Labute approximate surface area is 143 Å². The van der Waals surface area contributed by atoms with E-state index in [1.807, 2.05) is 6.92 Å². The molecular formula is C20H25N3O. The largest absolute Gasteiger partial charge is 0.385 e. The zero-order chi connectivity index (χ0) is 16.8. The van der Waals surface area contributed by atoms with E-state index in [4.69, 9.17) is 0 Å². The van der Waals surface area contributed by atoms with Gasteiger partial charge in [0.1, 0.15) is 0 Å². The molecule has 0 saturated heterocycles. The number of hydrogen-bond acceptors (Lipinski definition) is 3. The lowest BCUT2D eigenvalue weighted by Crippen LogP contribution is -2.22. The van der Waals surface area contributed by atoms with E-state index in [0.717, 1.165) is 37.9 Å². The number of anilines is 1. The topological polar surface area (TPSA) is 53.5 Å². The molecule has 0 radical (unpaired) electrons. The van der Waals surface area contributed by atoms with Crippen molar-refractivity contribution in [1.29, 1.82) is 0 Å². The number of rotatable bonds is 8. The zero-order valence-corrected chi connectivity index (χ0v) is 14.2. The van der Waals surface area contributed by atoms with Crippen molar-refractivity contribution in [2.45, 2.75) is 39.0 Å². The van der Waals surface area contributed by atoms with E-state index in [1.165, 1.54) is 22.9 Å². The normalized spacial score (nSPS) is 17.0. The molecule has 0 fully saturated rings. The Bertz CT molecular complexity index is 733. The molecule has 1 aliphatic heterocycles. The molecular weight excluding hydrogens is 298 g/mol. The average Bonchev–Trinajstić information content (AvgIpc) is 2.92. The fourth-order valence-electron chi connectivity index (χ4n) is 3.26. The second kappa shape index (κ2) is 7.95. The van der Waals surface area contributed by atoms with E-state index in [1.54, 1.807) is 0 Å². The highest BCUT2D eigenvalue weighted by Crippen LogP contribution is 2.23. The first-order valence-electron chi connectivity index (χ1n) is 8.81. The number of carbonyl (C=O) groups is 1. The summed E-state index contributed by atoms with van der Waals surface area (Å²) in [4.78, 5) is 11.6. The van der Waals surface area contributed by atoms with Crippen LogP contribution in [-0.4, -0.2) is 18.2 Å². The summed E-state index contributed by atoms with van der Waals surface area (Å²) in [5, 5.41) is 10.1. The fourth-order valence-corrected chi connectivity index (χ4v) is 3.26. The molecule has 0 aromatic heterocycles. The number of fused-ring (bicyclic) bond motifs is 1. The first kappa shape index (κ1) is 16.5. The number of nitrogens with one attached hydrogen (secondary N) is 2. The third-order valence-corrected chi connectivity index (χ3v) is 4.69. The minimum Gasteiger partial charge on any atom is -0.385 e. The van der Waals surface area contributed by atoms with Crippen molar-refractivity contribution in [3.05, 3.63) is 42.5 Å². The van der Waals surface area contributed by atoms with Gasteiger partial charge in [-0.05, 0) is 31.2 Å². The number of unbranched alkanes of at least 4 members (excludes halogenated alkanes) is 3. The molecule has 126 valence electrons.